The molecule has 0 saturated heterocycles. The van der Waals surface area contributed by atoms with E-state index in [1.165, 1.54) is 12.1 Å². The molecule has 2 nitrogen and oxygen atoms in total. The van der Waals surface area contributed by atoms with Crippen molar-refractivity contribution >= 4 is 27.5 Å². The molecule has 0 bridgehead atoms. The van der Waals surface area contributed by atoms with E-state index in [-0.39, 0.29) is 5.82 Å². The predicted molar refractivity (Wildman–Crippen MR) is 69.9 cm³/mol. The van der Waals surface area contributed by atoms with Crippen molar-refractivity contribution in [3.63, 3.8) is 0 Å². The Kier molecular flexibility index (Phi) is 2.27. The van der Waals surface area contributed by atoms with E-state index in [4.69, 9.17) is 5.73 Å². The number of benzene rings is 3. The van der Waals surface area contributed by atoms with Crippen LogP contribution in [0.2, 0.25) is 0 Å². The molecule has 0 aromatic heterocycles. The van der Waals surface area contributed by atoms with E-state index in [0.29, 0.717) is 5.56 Å². The molecular formula is C15H10FNO. The fourth-order valence-electron chi connectivity index (χ4n) is 2.21. The molecule has 1 amide bonds. The number of nitrogens with two attached hydrogens (primary N) is 1. The van der Waals surface area contributed by atoms with Crippen molar-refractivity contribution in [3.8, 4) is 0 Å². The standard InChI is InChI=1S/C15H10FNO/c16-12-5-4-9-8-14-10(6-11(9)7-12)2-1-3-13(14)15(17)18/h1-8H,(H2,17,18). The normalized spacial score (nSPS) is 10.9. The van der Waals surface area contributed by atoms with Gasteiger partial charge in [-0.15, -0.1) is 0 Å². The number of halogens is 1. The third-order valence-electron chi connectivity index (χ3n) is 3.06. The largest absolute Gasteiger partial charge is 0.366 e. The molecule has 0 aliphatic heterocycles. The first-order chi connectivity index (χ1) is 8.65. The van der Waals surface area contributed by atoms with Crippen LogP contribution in [-0.4, -0.2) is 5.91 Å². The zero-order valence-electron chi connectivity index (χ0n) is 9.48. The second kappa shape index (κ2) is 3.81. The van der Waals surface area contributed by atoms with Gasteiger partial charge in [0.2, 0.25) is 5.91 Å². The molecule has 3 heteroatoms. The second-order valence-corrected chi connectivity index (χ2v) is 4.23. The number of hydrogen-bond acceptors (Lipinski definition) is 1. The van der Waals surface area contributed by atoms with Crippen molar-refractivity contribution < 1.29 is 9.18 Å². The fourth-order valence-corrected chi connectivity index (χ4v) is 2.21. The van der Waals surface area contributed by atoms with Gasteiger partial charge in [-0.3, -0.25) is 4.79 Å². The molecule has 0 heterocycles. The van der Waals surface area contributed by atoms with E-state index in [1.807, 2.05) is 18.2 Å². The van der Waals surface area contributed by atoms with Gasteiger partial charge in [-0.05, 0) is 51.9 Å². The summed E-state index contributed by atoms with van der Waals surface area (Å²) in [5.41, 5.74) is 5.83. The number of amides is 1. The molecule has 88 valence electrons. The Labute approximate surface area is 103 Å². The second-order valence-electron chi connectivity index (χ2n) is 4.23. The van der Waals surface area contributed by atoms with Gasteiger partial charge in [-0.25, -0.2) is 4.39 Å². The molecule has 3 aromatic rings. The van der Waals surface area contributed by atoms with Gasteiger partial charge in [-0.1, -0.05) is 18.2 Å². The van der Waals surface area contributed by atoms with Crippen molar-refractivity contribution in [1.82, 2.24) is 0 Å². The van der Waals surface area contributed by atoms with Crippen molar-refractivity contribution in [2.24, 2.45) is 5.73 Å². The van der Waals surface area contributed by atoms with Gasteiger partial charge in [0.05, 0.1) is 0 Å². The highest BCUT2D eigenvalue weighted by Crippen LogP contribution is 2.25. The molecule has 0 saturated carbocycles. The van der Waals surface area contributed by atoms with Gasteiger partial charge in [0.1, 0.15) is 5.82 Å². The smallest absolute Gasteiger partial charge is 0.249 e. The minimum Gasteiger partial charge on any atom is -0.366 e. The van der Waals surface area contributed by atoms with Gasteiger partial charge in [-0.2, -0.15) is 0 Å². The summed E-state index contributed by atoms with van der Waals surface area (Å²) in [5.74, 6) is -0.727. The minimum absolute atomic E-state index is 0.270. The number of carbonyl (C=O) groups is 1. The fraction of sp³-hybridized carbons (Fsp3) is 0. The van der Waals surface area contributed by atoms with Gasteiger partial charge >= 0.3 is 0 Å². The first-order valence-corrected chi connectivity index (χ1v) is 5.57. The highest BCUT2D eigenvalue weighted by molar-refractivity contribution is 6.10. The maximum atomic E-state index is 13.2. The average Bonchev–Trinajstić information content (AvgIpc) is 2.35. The van der Waals surface area contributed by atoms with E-state index in [2.05, 4.69) is 0 Å². The molecule has 3 aromatic carbocycles. The molecule has 0 atom stereocenters. The Morgan fingerprint density at radius 3 is 2.56 bits per heavy atom. The molecule has 0 aliphatic rings. The maximum Gasteiger partial charge on any atom is 0.249 e. The van der Waals surface area contributed by atoms with Crippen molar-refractivity contribution in [2.45, 2.75) is 0 Å². The number of primary amides is 1. The summed E-state index contributed by atoms with van der Waals surface area (Å²) in [7, 11) is 0. The van der Waals surface area contributed by atoms with Crippen LogP contribution in [0.3, 0.4) is 0 Å². The first-order valence-electron chi connectivity index (χ1n) is 5.57. The Morgan fingerprint density at radius 2 is 1.78 bits per heavy atom. The monoisotopic (exact) mass is 239 g/mol. The van der Waals surface area contributed by atoms with E-state index >= 15 is 0 Å². The molecule has 18 heavy (non-hydrogen) atoms. The number of carbonyl (C=O) groups excluding carboxylic acids is 1. The summed E-state index contributed by atoms with van der Waals surface area (Å²) in [5, 5.41) is 3.37. The lowest BCUT2D eigenvalue weighted by molar-refractivity contribution is 0.100. The third-order valence-corrected chi connectivity index (χ3v) is 3.06. The Hall–Kier alpha value is -2.42. The zero-order valence-corrected chi connectivity index (χ0v) is 9.48. The van der Waals surface area contributed by atoms with E-state index in [1.54, 1.807) is 18.2 Å². The summed E-state index contributed by atoms with van der Waals surface area (Å²) in [4.78, 5) is 11.4. The lowest BCUT2D eigenvalue weighted by atomic mass is 9.99. The number of fused-ring (bicyclic) bond motifs is 2. The Morgan fingerprint density at radius 1 is 0.944 bits per heavy atom. The minimum atomic E-state index is -0.456. The SMILES string of the molecule is NC(=O)c1cccc2cc3cc(F)ccc3cc12. The molecule has 2 N–H and O–H groups in total. The van der Waals surface area contributed by atoms with Crippen LogP contribution in [0.1, 0.15) is 10.4 Å². The van der Waals surface area contributed by atoms with E-state index in [0.717, 1.165) is 21.5 Å². The first kappa shape index (κ1) is 10.7. The Balaban J connectivity index is 2.44. The maximum absolute atomic E-state index is 13.2. The van der Waals surface area contributed by atoms with Crippen LogP contribution in [0.4, 0.5) is 4.39 Å². The summed E-state index contributed by atoms with van der Waals surface area (Å²) in [6, 6.07) is 13.7. The Bertz CT molecular complexity index is 780. The van der Waals surface area contributed by atoms with Crippen LogP contribution in [-0.2, 0) is 0 Å². The van der Waals surface area contributed by atoms with Gasteiger partial charge in [0.15, 0.2) is 0 Å². The molecule has 0 fully saturated rings. The lowest BCUT2D eigenvalue weighted by Gasteiger charge is -2.06. The zero-order chi connectivity index (χ0) is 12.7. The highest BCUT2D eigenvalue weighted by atomic mass is 19.1. The quantitative estimate of drug-likeness (QED) is 0.651. The van der Waals surface area contributed by atoms with Gasteiger partial charge in [0, 0.05) is 5.56 Å². The molecule has 0 unspecified atom stereocenters. The summed E-state index contributed by atoms with van der Waals surface area (Å²) in [6.07, 6.45) is 0. The summed E-state index contributed by atoms with van der Waals surface area (Å²) < 4.78 is 13.2. The molecule has 0 aliphatic carbocycles. The predicted octanol–water partition coefficient (Wildman–Crippen LogP) is 3.23. The van der Waals surface area contributed by atoms with Crippen molar-refractivity contribution in [2.75, 3.05) is 0 Å². The van der Waals surface area contributed by atoms with Crippen LogP contribution in [0.15, 0.2) is 48.5 Å². The summed E-state index contributed by atoms with van der Waals surface area (Å²) in [6.45, 7) is 0. The molecule has 0 radical (unpaired) electrons. The van der Waals surface area contributed by atoms with Crippen LogP contribution in [0.25, 0.3) is 21.5 Å². The third kappa shape index (κ3) is 1.61. The summed E-state index contributed by atoms with van der Waals surface area (Å²) >= 11 is 0. The molecular weight excluding hydrogens is 229 g/mol. The van der Waals surface area contributed by atoms with Crippen molar-refractivity contribution in [3.05, 3.63) is 59.9 Å². The van der Waals surface area contributed by atoms with Gasteiger partial charge < -0.3 is 5.73 Å². The number of hydrogen-bond donors (Lipinski definition) is 1. The highest BCUT2D eigenvalue weighted by Gasteiger charge is 2.07. The molecule has 3 rings (SSSR count). The average molecular weight is 239 g/mol. The topological polar surface area (TPSA) is 43.1 Å². The van der Waals surface area contributed by atoms with Crippen molar-refractivity contribution in [1.29, 1.82) is 0 Å². The van der Waals surface area contributed by atoms with E-state index < -0.39 is 5.91 Å². The van der Waals surface area contributed by atoms with Crippen LogP contribution in [0.5, 0.6) is 0 Å². The van der Waals surface area contributed by atoms with Crippen LogP contribution >= 0.6 is 0 Å². The van der Waals surface area contributed by atoms with Crippen LogP contribution < -0.4 is 5.73 Å². The number of rotatable bonds is 1. The molecule has 0 spiro atoms. The van der Waals surface area contributed by atoms with Gasteiger partial charge in [0.25, 0.3) is 0 Å². The van der Waals surface area contributed by atoms with E-state index in [9.17, 15) is 9.18 Å². The van der Waals surface area contributed by atoms with Crippen LogP contribution in [0, 0.1) is 5.82 Å². The lowest BCUT2D eigenvalue weighted by Crippen LogP contribution is -2.11.